The Morgan fingerprint density at radius 3 is 2.68 bits per heavy atom. The summed E-state index contributed by atoms with van der Waals surface area (Å²) in [5.41, 5.74) is 2.70. The van der Waals surface area contributed by atoms with E-state index < -0.39 is 30.1 Å². The van der Waals surface area contributed by atoms with Crippen LogP contribution in [0.1, 0.15) is 13.8 Å². The van der Waals surface area contributed by atoms with Gasteiger partial charge in [0.2, 0.25) is 0 Å². The number of nitrogens with two attached hydrogens (primary N) is 1. The molecule has 106 valence electrons. The van der Waals surface area contributed by atoms with E-state index in [9.17, 15) is 15.3 Å². The third kappa shape index (κ3) is 2.04. The van der Waals surface area contributed by atoms with Crippen molar-refractivity contribution in [2.24, 2.45) is 10.7 Å². The number of amidine groups is 1. The lowest BCUT2D eigenvalue weighted by Gasteiger charge is -2.35. The molecule has 0 spiro atoms. The summed E-state index contributed by atoms with van der Waals surface area (Å²) in [6, 6.07) is 0. The summed E-state index contributed by atoms with van der Waals surface area (Å²) in [6.07, 6.45) is 0.939. The molecule has 5 N–H and O–H groups in total. The first-order valence-corrected chi connectivity index (χ1v) is 5.91. The molecular weight excluding hydrogens is 250 g/mol. The second-order valence-corrected chi connectivity index (χ2v) is 5.25. The van der Waals surface area contributed by atoms with Crippen LogP contribution in [-0.2, 0) is 4.74 Å². The van der Waals surface area contributed by atoms with E-state index in [1.807, 2.05) is 0 Å². The lowest BCUT2D eigenvalue weighted by atomic mass is 9.89. The van der Waals surface area contributed by atoms with Crippen molar-refractivity contribution in [2.45, 2.75) is 37.4 Å². The molecule has 0 radical (unpaired) electrons. The minimum absolute atomic E-state index is 0.291. The zero-order valence-corrected chi connectivity index (χ0v) is 10.9. The van der Waals surface area contributed by atoms with E-state index in [4.69, 9.17) is 10.5 Å². The van der Waals surface area contributed by atoms with Gasteiger partial charge in [-0.15, -0.1) is 0 Å². The van der Waals surface area contributed by atoms with Crippen LogP contribution in [0.3, 0.4) is 0 Å². The van der Waals surface area contributed by atoms with Gasteiger partial charge in [-0.05, 0) is 19.9 Å². The third-order valence-corrected chi connectivity index (χ3v) is 3.54. The van der Waals surface area contributed by atoms with Crippen molar-refractivity contribution in [3.8, 4) is 0 Å². The molecule has 0 aromatic rings. The van der Waals surface area contributed by atoms with E-state index in [2.05, 4.69) is 11.6 Å². The van der Waals surface area contributed by atoms with Crippen LogP contribution < -0.4 is 5.73 Å². The van der Waals surface area contributed by atoms with Crippen LogP contribution in [-0.4, -0.2) is 56.2 Å². The lowest BCUT2D eigenvalue weighted by molar-refractivity contribution is -0.131. The highest BCUT2D eigenvalue weighted by Gasteiger charge is 2.60. The van der Waals surface area contributed by atoms with Gasteiger partial charge in [0.05, 0.1) is 6.61 Å². The second-order valence-electron chi connectivity index (χ2n) is 5.25. The van der Waals surface area contributed by atoms with Gasteiger partial charge in [-0.25, -0.2) is 4.99 Å². The highest BCUT2D eigenvalue weighted by Crippen LogP contribution is 2.41. The molecule has 1 saturated heterocycles. The number of rotatable bonds is 2. The first-order chi connectivity index (χ1) is 8.72. The van der Waals surface area contributed by atoms with E-state index in [-0.39, 0.29) is 0 Å². The van der Waals surface area contributed by atoms with Gasteiger partial charge in [0.15, 0.2) is 6.23 Å². The maximum atomic E-state index is 10.4. The molecule has 0 saturated carbocycles. The number of nitrogens with zero attached hydrogens (tertiary/aromatic N) is 2. The molecule has 2 rings (SSSR count). The fourth-order valence-corrected chi connectivity index (χ4v) is 2.35. The Bertz CT molecular complexity index is 460. The summed E-state index contributed by atoms with van der Waals surface area (Å²) in [6.45, 7) is 6.27. The smallest absolute Gasteiger partial charge is 0.167 e. The number of hydrogen-bond donors (Lipinski definition) is 4. The third-order valence-electron chi connectivity index (χ3n) is 3.54. The molecule has 0 amide bonds. The Labute approximate surface area is 111 Å². The summed E-state index contributed by atoms with van der Waals surface area (Å²) in [4.78, 5) is 5.45. The highest BCUT2D eigenvalue weighted by molar-refractivity contribution is 5.92. The first kappa shape index (κ1) is 14.0. The van der Waals surface area contributed by atoms with Gasteiger partial charge in [-0.1, -0.05) is 6.58 Å². The first-order valence-electron chi connectivity index (χ1n) is 5.91. The van der Waals surface area contributed by atoms with Crippen LogP contribution >= 0.6 is 0 Å². The molecule has 0 bridgehead atoms. The largest absolute Gasteiger partial charge is 0.393 e. The van der Waals surface area contributed by atoms with Crippen molar-refractivity contribution < 1.29 is 20.1 Å². The van der Waals surface area contributed by atoms with E-state index >= 15 is 0 Å². The Morgan fingerprint density at radius 2 is 2.21 bits per heavy atom. The average Bonchev–Trinajstić information content (AvgIpc) is 2.51. The Kier molecular flexibility index (Phi) is 3.18. The van der Waals surface area contributed by atoms with Gasteiger partial charge < -0.3 is 30.7 Å². The molecule has 2 aliphatic heterocycles. The second kappa shape index (κ2) is 4.31. The summed E-state index contributed by atoms with van der Waals surface area (Å²) in [5, 5.41) is 29.9. The predicted octanol–water partition coefficient (Wildman–Crippen LogP) is -1.14. The van der Waals surface area contributed by atoms with Crippen molar-refractivity contribution in [3.63, 3.8) is 0 Å². The topological polar surface area (TPSA) is 112 Å². The molecule has 2 heterocycles. The normalized spacial score (nSPS) is 42.7. The molecule has 4 atom stereocenters. The quantitative estimate of drug-likeness (QED) is 0.504. The van der Waals surface area contributed by atoms with Crippen LogP contribution in [0.4, 0.5) is 0 Å². The molecule has 2 aliphatic rings. The SMILES string of the molecule is C=C1N=C(N)C=CN1[C@@H]1O[C@](C)(CO)[C@@H](O)[C@@]1(C)O. The average molecular weight is 269 g/mol. The monoisotopic (exact) mass is 269 g/mol. The van der Waals surface area contributed by atoms with Crippen molar-refractivity contribution in [1.29, 1.82) is 0 Å². The summed E-state index contributed by atoms with van der Waals surface area (Å²) in [7, 11) is 0. The molecule has 0 aromatic heterocycles. The van der Waals surface area contributed by atoms with Crippen molar-refractivity contribution in [1.82, 2.24) is 4.90 Å². The lowest BCUT2D eigenvalue weighted by Crippen LogP contribution is -2.53. The van der Waals surface area contributed by atoms with Crippen LogP contribution in [0, 0.1) is 0 Å². The van der Waals surface area contributed by atoms with Crippen molar-refractivity contribution in [3.05, 3.63) is 24.7 Å². The molecule has 0 aliphatic carbocycles. The predicted molar refractivity (Wildman–Crippen MR) is 68.7 cm³/mol. The number of hydrogen-bond acceptors (Lipinski definition) is 7. The number of aliphatic imine (C=N–C) groups is 1. The number of aliphatic hydroxyl groups is 3. The summed E-state index contributed by atoms with van der Waals surface area (Å²) in [5.74, 6) is 0.587. The zero-order valence-electron chi connectivity index (χ0n) is 10.9. The molecule has 7 heteroatoms. The van der Waals surface area contributed by atoms with Gasteiger partial charge >= 0.3 is 0 Å². The fraction of sp³-hybridized carbons (Fsp3) is 0.583. The number of aliphatic hydroxyl groups excluding tert-OH is 2. The van der Waals surface area contributed by atoms with E-state index in [0.717, 1.165) is 0 Å². The maximum absolute atomic E-state index is 10.4. The Hall–Kier alpha value is -1.41. The van der Waals surface area contributed by atoms with E-state index in [0.29, 0.717) is 11.7 Å². The Morgan fingerprint density at radius 1 is 1.58 bits per heavy atom. The van der Waals surface area contributed by atoms with Gasteiger partial charge in [-0.3, -0.25) is 0 Å². The van der Waals surface area contributed by atoms with E-state index in [1.165, 1.54) is 24.8 Å². The van der Waals surface area contributed by atoms with Gasteiger partial charge in [0, 0.05) is 6.20 Å². The van der Waals surface area contributed by atoms with Crippen LogP contribution in [0.2, 0.25) is 0 Å². The van der Waals surface area contributed by atoms with Crippen LogP contribution in [0.5, 0.6) is 0 Å². The van der Waals surface area contributed by atoms with Gasteiger partial charge in [0.1, 0.15) is 29.0 Å². The van der Waals surface area contributed by atoms with E-state index in [1.54, 1.807) is 6.20 Å². The number of ether oxygens (including phenoxy) is 1. The standard InChI is InChI=1S/C12H19N3O4/c1-7-14-8(13)4-5-15(7)10-12(3,18)9(17)11(2,6-16)19-10/h4-5,9-10,16-18H,1,6H2,2-3H3,(H2,13,14)/t9-,10-,11-,12-/m1/s1. The molecule has 7 nitrogen and oxygen atoms in total. The molecule has 0 unspecified atom stereocenters. The Balaban J connectivity index is 2.32. The van der Waals surface area contributed by atoms with Crippen molar-refractivity contribution in [2.75, 3.05) is 6.61 Å². The van der Waals surface area contributed by atoms with Crippen LogP contribution in [0.25, 0.3) is 0 Å². The minimum atomic E-state index is -1.59. The highest BCUT2D eigenvalue weighted by atomic mass is 16.6. The van der Waals surface area contributed by atoms with Gasteiger partial charge in [0.25, 0.3) is 0 Å². The molecule has 0 aromatic carbocycles. The fourth-order valence-electron chi connectivity index (χ4n) is 2.35. The molecule has 1 fully saturated rings. The molecular formula is C12H19N3O4. The van der Waals surface area contributed by atoms with Crippen LogP contribution in [0.15, 0.2) is 29.7 Å². The minimum Gasteiger partial charge on any atom is -0.393 e. The summed E-state index contributed by atoms with van der Waals surface area (Å²) < 4.78 is 5.62. The summed E-state index contributed by atoms with van der Waals surface area (Å²) >= 11 is 0. The zero-order chi connectivity index (χ0) is 14.4. The molecule has 19 heavy (non-hydrogen) atoms. The van der Waals surface area contributed by atoms with Crippen molar-refractivity contribution >= 4 is 5.84 Å². The van der Waals surface area contributed by atoms with Gasteiger partial charge in [-0.2, -0.15) is 0 Å². The maximum Gasteiger partial charge on any atom is 0.167 e.